The van der Waals surface area contributed by atoms with Crippen LogP contribution in [0.15, 0.2) is 60.2 Å². The third-order valence-electron chi connectivity index (χ3n) is 9.77. The number of rotatable bonds is 7. The number of benzene rings is 3. The topological polar surface area (TPSA) is 84.9 Å². The van der Waals surface area contributed by atoms with Crippen molar-refractivity contribution < 1.29 is 23.9 Å². The van der Waals surface area contributed by atoms with Gasteiger partial charge in [-0.05, 0) is 128 Å². The average Bonchev–Trinajstić information content (AvgIpc) is 2.96. The summed E-state index contributed by atoms with van der Waals surface area (Å²) in [6, 6.07) is 16.6. The van der Waals surface area contributed by atoms with Gasteiger partial charge in [-0.1, -0.05) is 24.3 Å². The van der Waals surface area contributed by atoms with Gasteiger partial charge in [0.05, 0.1) is 18.9 Å². The van der Waals surface area contributed by atoms with E-state index in [9.17, 15) is 14.4 Å². The molecule has 0 aromatic heterocycles. The monoisotopic (exact) mass is 564 g/mol. The van der Waals surface area contributed by atoms with Crippen molar-refractivity contribution >= 4 is 40.4 Å². The van der Waals surface area contributed by atoms with E-state index in [-0.39, 0.29) is 11.0 Å². The quantitative estimate of drug-likeness (QED) is 0.253. The van der Waals surface area contributed by atoms with Gasteiger partial charge in [-0.2, -0.15) is 0 Å². The highest BCUT2D eigenvalue weighted by atomic mass is 16.5. The van der Waals surface area contributed by atoms with Crippen LogP contribution in [0, 0.1) is 17.8 Å². The molecule has 0 atom stereocenters. The van der Waals surface area contributed by atoms with E-state index in [2.05, 4.69) is 17.4 Å². The lowest BCUT2D eigenvalue weighted by atomic mass is 9.48. The number of fused-ring (bicyclic) bond motifs is 1. The van der Waals surface area contributed by atoms with E-state index in [1.807, 2.05) is 56.3 Å². The zero-order valence-corrected chi connectivity index (χ0v) is 24.2. The predicted octanol–water partition coefficient (Wildman–Crippen LogP) is 6.77. The van der Waals surface area contributed by atoms with E-state index < -0.39 is 17.8 Å². The molecule has 1 saturated heterocycles. The van der Waals surface area contributed by atoms with E-state index in [0.717, 1.165) is 33.4 Å². The first-order chi connectivity index (χ1) is 20.4. The van der Waals surface area contributed by atoms with Crippen LogP contribution >= 0.6 is 0 Å². The molecule has 4 amide bonds. The van der Waals surface area contributed by atoms with Crippen LogP contribution in [-0.4, -0.2) is 31.1 Å². The Balaban J connectivity index is 1.24. The summed E-state index contributed by atoms with van der Waals surface area (Å²) in [7, 11) is 0. The van der Waals surface area contributed by atoms with E-state index in [1.165, 1.54) is 50.2 Å². The molecule has 4 bridgehead atoms. The first-order valence-corrected chi connectivity index (χ1v) is 15.2. The highest BCUT2D eigenvalue weighted by molar-refractivity contribution is 6.39. The van der Waals surface area contributed by atoms with Crippen molar-refractivity contribution in [3.63, 3.8) is 0 Å². The second kappa shape index (κ2) is 10.3. The molecule has 8 rings (SSSR count). The fourth-order valence-corrected chi connectivity index (χ4v) is 8.45. The van der Waals surface area contributed by atoms with Crippen LogP contribution < -0.4 is 19.7 Å². The van der Waals surface area contributed by atoms with Gasteiger partial charge in [0.1, 0.15) is 17.1 Å². The summed E-state index contributed by atoms with van der Waals surface area (Å²) in [5.74, 6) is 2.29. The Labute approximate surface area is 245 Å². The molecule has 3 aromatic carbocycles. The predicted molar refractivity (Wildman–Crippen MR) is 162 cm³/mol. The zero-order chi connectivity index (χ0) is 29.0. The number of hydrogen-bond acceptors (Lipinski definition) is 5. The van der Waals surface area contributed by atoms with Crippen molar-refractivity contribution in [3.8, 4) is 11.5 Å². The van der Waals surface area contributed by atoms with Crippen molar-refractivity contribution in [1.29, 1.82) is 0 Å². The van der Waals surface area contributed by atoms with Gasteiger partial charge >= 0.3 is 6.03 Å². The van der Waals surface area contributed by atoms with Gasteiger partial charge in [0.2, 0.25) is 0 Å². The van der Waals surface area contributed by atoms with E-state index in [4.69, 9.17) is 9.47 Å². The Morgan fingerprint density at radius 2 is 1.50 bits per heavy atom. The van der Waals surface area contributed by atoms with Crippen LogP contribution in [0.4, 0.5) is 10.5 Å². The molecule has 3 aromatic rings. The van der Waals surface area contributed by atoms with Crippen LogP contribution in [0.2, 0.25) is 0 Å². The van der Waals surface area contributed by atoms with Gasteiger partial charge in [-0.3, -0.25) is 14.9 Å². The molecule has 216 valence electrons. The largest absolute Gasteiger partial charge is 0.494 e. The van der Waals surface area contributed by atoms with E-state index in [1.54, 1.807) is 0 Å². The SMILES string of the molecule is CCOc1ccc2ccc(OCC)c(/C=C3\C(=O)NC(=O)N(c4ccc(C56CC7CC(CC(C7)C5)C6)cc4)C3=O)c2c1. The van der Waals surface area contributed by atoms with Crippen molar-refractivity contribution in [3.05, 3.63) is 71.3 Å². The second-order valence-electron chi connectivity index (χ2n) is 12.4. The number of carbonyl (C=O) groups is 3. The van der Waals surface area contributed by atoms with Crippen LogP contribution in [0.3, 0.4) is 0 Å². The van der Waals surface area contributed by atoms with E-state index >= 15 is 0 Å². The Hall–Kier alpha value is -4.13. The molecule has 4 saturated carbocycles. The lowest BCUT2D eigenvalue weighted by Crippen LogP contribution is -2.54. The fourth-order valence-electron chi connectivity index (χ4n) is 8.45. The van der Waals surface area contributed by atoms with Crippen molar-refractivity contribution in [2.24, 2.45) is 17.8 Å². The maximum Gasteiger partial charge on any atom is 0.335 e. The Kier molecular flexibility index (Phi) is 6.56. The maximum absolute atomic E-state index is 13.8. The highest BCUT2D eigenvalue weighted by Crippen LogP contribution is 2.60. The third-order valence-corrected chi connectivity index (χ3v) is 9.77. The number of nitrogens with zero attached hydrogens (tertiary/aromatic N) is 1. The summed E-state index contributed by atoms with van der Waals surface area (Å²) in [4.78, 5) is 41.0. The first kappa shape index (κ1) is 26.7. The smallest absolute Gasteiger partial charge is 0.335 e. The fraction of sp³-hybridized carbons (Fsp3) is 0.400. The summed E-state index contributed by atoms with van der Waals surface area (Å²) in [5, 5.41) is 4.07. The van der Waals surface area contributed by atoms with E-state index in [0.29, 0.717) is 36.0 Å². The zero-order valence-electron chi connectivity index (χ0n) is 24.2. The maximum atomic E-state index is 13.8. The molecular weight excluding hydrogens is 528 g/mol. The van der Waals surface area contributed by atoms with Gasteiger partial charge in [0, 0.05) is 5.56 Å². The van der Waals surface area contributed by atoms with Gasteiger partial charge in [-0.15, -0.1) is 0 Å². The lowest BCUT2D eigenvalue weighted by molar-refractivity contribution is -0.122. The minimum Gasteiger partial charge on any atom is -0.494 e. The molecule has 42 heavy (non-hydrogen) atoms. The number of amides is 4. The number of barbiturate groups is 1. The molecule has 1 N–H and O–H groups in total. The third kappa shape index (κ3) is 4.46. The molecular formula is C35H36N2O5. The number of nitrogens with one attached hydrogen (secondary N) is 1. The molecule has 0 radical (unpaired) electrons. The number of hydrogen-bond donors (Lipinski definition) is 1. The number of ether oxygens (including phenoxy) is 2. The number of urea groups is 1. The number of imide groups is 2. The van der Waals surface area contributed by atoms with Crippen LogP contribution in [-0.2, 0) is 15.0 Å². The van der Waals surface area contributed by atoms with Crippen molar-refractivity contribution in [1.82, 2.24) is 5.32 Å². The van der Waals surface area contributed by atoms with Crippen LogP contribution in [0.5, 0.6) is 11.5 Å². The Bertz CT molecular complexity index is 1580. The normalized spacial score (nSPS) is 27.6. The number of carbonyl (C=O) groups excluding carboxylic acids is 3. The number of anilines is 1. The van der Waals surface area contributed by atoms with Crippen molar-refractivity contribution in [2.45, 2.75) is 57.8 Å². The summed E-state index contributed by atoms with van der Waals surface area (Å²) in [6.45, 7) is 4.71. The van der Waals surface area contributed by atoms with Crippen LogP contribution in [0.1, 0.15) is 63.5 Å². The summed E-state index contributed by atoms with van der Waals surface area (Å²) in [6.07, 6.45) is 9.36. The summed E-state index contributed by atoms with van der Waals surface area (Å²) >= 11 is 0. The van der Waals surface area contributed by atoms with Gasteiger partial charge < -0.3 is 9.47 Å². The van der Waals surface area contributed by atoms with Gasteiger partial charge in [0.15, 0.2) is 0 Å². The molecule has 0 unspecified atom stereocenters. The molecule has 0 spiro atoms. The minimum absolute atomic E-state index is 0.130. The standard InChI is InChI=1S/C35H36N2O5/c1-3-41-27-11-5-24-6-12-31(42-4-2)29(28(24)16-27)17-30-32(38)36-34(40)37(33(30)39)26-9-7-25(8-10-26)35-18-21-13-22(19-35)15-23(14-21)20-35/h5-12,16-17,21-23H,3-4,13-15,18-20H2,1-2H3,(H,36,38,40)/b30-17+. The molecule has 7 nitrogen and oxygen atoms in total. The first-order valence-electron chi connectivity index (χ1n) is 15.2. The highest BCUT2D eigenvalue weighted by Gasteiger charge is 2.51. The summed E-state index contributed by atoms with van der Waals surface area (Å²) in [5.41, 5.74) is 2.43. The average molecular weight is 565 g/mol. The molecule has 7 heteroatoms. The Morgan fingerprint density at radius 3 is 2.14 bits per heavy atom. The summed E-state index contributed by atoms with van der Waals surface area (Å²) < 4.78 is 11.6. The Morgan fingerprint density at radius 1 is 0.857 bits per heavy atom. The molecule has 1 aliphatic heterocycles. The molecule has 4 aliphatic carbocycles. The minimum atomic E-state index is -0.744. The second-order valence-corrected chi connectivity index (χ2v) is 12.4. The van der Waals surface area contributed by atoms with Crippen molar-refractivity contribution in [2.75, 3.05) is 18.1 Å². The van der Waals surface area contributed by atoms with Gasteiger partial charge in [0.25, 0.3) is 11.8 Å². The lowest BCUT2D eigenvalue weighted by Gasteiger charge is -2.57. The van der Waals surface area contributed by atoms with Gasteiger partial charge in [-0.25, -0.2) is 9.69 Å². The molecule has 5 aliphatic rings. The molecule has 1 heterocycles. The molecule has 5 fully saturated rings. The van der Waals surface area contributed by atoms with Crippen LogP contribution in [0.25, 0.3) is 16.8 Å².